The molecule has 0 heterocycles. The SMILES string of the molecule is CC(=O)NCC(N)c1ccc(C(F)(F)F)cc1. The molecule has 1 aromatic carbocycles. The maximum atomic E-state index is 12.3. The van der Waals surface area contributed by atoms with Gasteiger partial charge in [0.15, 0.2) is 0 Å². The van der Waals surface area contributed by atoms with E-state index < -0.39 is 17.8 Å². The molecule has 0 saturated heterocycles. The summed E-state index contributed by atoms with van der Waals surface area (Å²) in [7, 11) is 0. The molecule has 6 heteroatoms. The van der Waals surface area contributed by atoms with Crippen molar-refractivity contribution < 1.29 is 18.0 Å². The van der Waals surface area contributed by atoms with Crippen molar-refractivity contribution in [3.05, 3.63) is 35.4 Å². The molecule has 0 aromatic heterocycles. The van der Waals surface area contributed by atoms with Crippen LogP contribution in [0.5, 0.6) is 0 Å². The van der Waals surface area contributed by atoms with Crippen molar-refractivity contribution in [2.45, 2.75) is 19.1 Å². The first kappa shape index (κ1) is 13.5. The van der Waals surface area contributed by atoms with Gasteiger partial charge in [-0.3, -0.25) is 4.79 Å². The fraction of sp³-hybridized carbons (Fsp3) is 0.364. The highest BCUT2D eigenvalue weighted by molar-refractivity contribution is 5.72. The number of rotatable bonds is 3. The molecule has 1 amide bonds. The van der Waals surface area contributed by atoms with E-state index in [2.05, 4.69) is 5.32 Å². The highest BCUT2D eigenvalue weighted by Gasteiger charge is 2.30. The van der Waals surface area contributed by atoms with Gasteiger partial charge in [0, 0.05) is 19.5 Å². The molecule has 0 radical (unpaired) electrons. The first-order valence-electron chi connectivity index (χ1n) is 4.98. The summed E-state index contributed by atoms with van der Waals surface area (Å²) in [6, 6.07) is 4.07. The lowest BCUT2D eigenvalue weighted by molar-refractivity contribution is -0.137. The molecule has 0 bridgehead atoms. The number of hydrogen-bond acceptors (Lipinski definition) is 2. The van der Waals surface area contributed by atoms with E-state index in [9.17, 15) is 18.0 Å². The Morgan fingerprint density at radius 3 is 2.29 bits per heavy atom. The van der Waals surface area contributed by atoms with Gasteiger partial charge in [0.1, 0.15) is 0 Å². The summed E-state index contributed by atoms with van der Waals surface area (Å²) < 4.78 is 36.9. The number of hydrogen-bond donors (Lipinski definition) is 2. The molecule has 0 aliphatic carbocycles. The second-order valence-corrected chi connectivity index (χ2v) is 3.66. The van der Waals surface area contributed by atoms with Crippen molar-refractivity contribution >= 4 is 5.91 Å². The average Bonchev–Trinajstić information content (AvgIpc) is 2.25. The van der Waals surface area contributed by atoms with Gasteiger partial charge < -0.3 is 11.1 Å². The molecule has 1 aromatic rings. The number of alkyl halides is 3. The first-order chi connectivity index (χ1) is 7.80. The van der Waals surface area contributed by atoms with E-state index in [0.717, 1.165) is 12.1 Å². The summed E-state index contributed by atoms with van der Waals surface area (Å²) in [6.07, 6.45) is -4.35. The minimum atomic E-state index is -4.35. The molecule has 1 atom stereocenters. The summed E-state index contributed by atoms with van der Waals surface area (Å²) in [6.45, 7) is 1.54. The summed E-state index contributed by atoms with van der Waals surface area (Å²) in [5, 5.41) is 2.50. The normalized spacial score (nSPS) is 13.2. The number of benzene rings is 1. The fourth-order valence-corrected chi connectivity index (χ4v) is 1.29. The molecule has 17 heavy (non-hydrogen) atoms. The minimum Gasteiger partial charge on any atom is -0.354 e. The lowest BCUT2D eigenvalue weighted by atomic mass is 10.1. The van der Waals surface area contributed by atoms with Crippen LogP contribution in [0.3, 0.4) is 0 Å². The van der Waals surface area contributed by atoms with Crippen LogP contribution in [-0.4, -0.2) is 12.5 Å². The Labute approximate surface area is 96.8 Å². The number of nitrogens with one attached hydrogen (secondary N) is 1. The van der Waals surface area contributed by atoms with E-state index in [-0.39, 0.29) is 12.5 Å². The van der Waals surface area contributed by atoms with E-state index in [1.54, 1.807) is 0 Å². The topological polar surface area (TPSA) is 55.1 Å². The molecule has 1 unspecified atom stereocenters. The third-order valence-electron chi connectivity index (χ3n) is 2.24. The van der Waals surface area contributed by atoms with Gasteiger partial charge in [0.2, 0.25) is 5.91 Å². The van der Waals surface area contributed by atoms with Crippen molar-refractivity contribution in [3.8, 4) is 0 Å². The number of amides is 1. The number of carbonyl (C=O) groups is 1. The third kappa shape index (κ3) is 4.07. The monoisotopic (exact) mass is 246 g/mol. The Kier molecular flexibility index (Phi) is 4.11. The zero-order valence-corrected chi connectivity index (χ0v) is 9.21. The smallest absolute Gasteiger partial charge is 0.354 e. The number of carbonyl (C=O) groups excluding carboxylic acids is 1. The van der Waals surface area contributed by atoms with E-state index in [1.807, 2.05) is 0 Å². The van der Waals surface area contributed by atoms with Crippen LogP contribution < -0.4 is 11.1 Å². The van der Waals surface area contributed by atoms with Crippen molar-refractivity contribution in [2.24, 2.45) is 5.73 Å². The quantitative estimate of drug-likeness (QED) is 0.855. The van der Waals surface area contributed by atoms with Gasteiger partial charge in [0.05, 0.1) is 5.56 Å². The second-order valence-electron chi connectivity index (χ2n) is 3.66. The van der Waals surface area contributed by atoms with Crippen LogP contribution in [0.4, 0.5) is 13.2 Å². The maximum absolute atomic E-state index is 12.3. The number of nitrogens with two attached hydrogens (primary N) is 1. The van der Waals surface area contributed by atoms with Crippen molar-refractivity contribution in [2.75, 3.05) is 6.54 Å². The summed E-state index contributed by atoms with van der Waals surface area (Å²) >= 11 is 0. The van der Waals surface area contributed by atoms with Gasteiger partial charge >= 0.3 is 6.18 Å². The van der Waals surface area contributed by atoms with Crippen molar-refractivity contribution in [1.82, 2.24) is 5.32 Å². The predicted molar refractivity (Wildman–Crippen MR) is 57.1 cm³/mol. The third-order valence-corrected chi connectivity index (χ3v) is 2.24. The maximum Gasteiger partial charge on any atom is 0.416 e. The van der Waals surface area contributed by atoms with Crippen molar-refractivity contribution in [1.29, 1.82) is 0 Å². The first-order valence-corrected chi connectivity index (χ1v) is 4.98. The summed E-state index contributed by atoms with van der Waals surface area (Å²) in [5.74, 6) is -0.229. The molecular formula is C11H13F3N2O. The molecule has 1 rings (SSSR count). The van der Waals surface area contributed by atoms with Gasteiger partial charge in [-0.1, -0.05) is 12.1 Å². The summed E-state index contributed by atoms with van der Waals surface area (Å²) in [5.41, 5.74) is 5.54. The van der Waals surface area contributed by atoms with Crippen LogP contribution in [0.2, 0.25) is 0 Å². The van der Waals surface area contributed by atoms with Crippen LogP contribution in [0.15, 0.2) is 24.3 Å². The highest BCUT2D eigenvalue weighted by atomic mass is 19.4. The Morgan fingerprint density at radius 2 is 1.88 bits per heavy atom. The second kappa shape index (κ2) is 5.18. The Hall–Kier alpha value is -1.56. The summed E-state index contributed by atoms with van der Waals surface area (Å²) in [4.78, 5) is 10.6. The lowest BCUT2D eigenvalue weighted by Gasteiger charge is -2.13. The number of halogens is 3. The highest BCUT2D eigenvalue weighted by Crippen LogP contribution is 2.29. The molecule has 0 aliphatic heterocycles. The minimum absolute atomic E-state index is 0.195. The molecule has 0 saturated carbocycles. The Balaban J connectivity index is 2.70. The molecule has 3 N–H and O–H groups in total. The van der Waals surface area contributed by atoms with Gasteiger partial charge in [0.25, 0.3) is 0 Å². The fourth-order valence-electron chi connectivity index (χ4n) is 1.29. The molecule has 0 spiro atoms. The van der Waals surface area contributed by atoms with Gasteiger partial charge in [-0.15, -0.1) is 0 Å². The van der Waals surface area contributed by atoms with Crippen LogP contribution in [-0.2, 0) is 11.0 Å². The molecular weight excluding hydrogens is 233 g/mol. The largest absolute Gasteiger partial charge is 0.416 e. The molecule has 3 nitrogen and oxygen atoms in total. The zero-order valence-electron chi connectivity index (χ0n) is 9.21. The zero-order chi connectivity index (χ0) is 13.1. The molecule has 94 valence electrons. The van der Waals surface area contributed by atoms with E-state index in [1.165, 1.54) is 19.1 Å². The van der Waals surface area contributed by atoms with Crippen molar-refractivity contribution in [3.63, 3.8) is 0 Å². The van der Waals surface area contributed by atoms with Crippen LogP contribution in [0.25, 0.3) is 0 Å². The van der Waals surface area contributed by atoms with E-state index >= 15 is 0 Å². The predicted octanol–water partition coefficient (Wildman–Crippen LogP) is 1.84. The Morgan fingerprint density at radius 1 is 1.35 bits per heavy atom. The Bertz CT molecular complexity index is 387. The van der Waals surface area contributed by atoms with Crippen LogP contribution in [0.1, 0.15) is 24.1 Å². The van der Waals surface area contributed by atoms with E-state index in [0.29, 0.717) is 5.56 Å². The molecule has 0 fully saturated rings. The van der Waals surface area contributed by atoms with Crippen LogP contribution >= 0.6 is 0 Å². The van der Waals surface area contributed by atoms with E-state index in [4.69, 9.17) is 5.73 Å². The molecule has 0 aliphatic rings. The average molecular weight is 246 g/mol. The van der Waals surface area contributed by atoms with Gasteiger partial charge in [-0.05, 0) is 17.7 Å². The van der Waals surface area contributed by atoms with Gasteiger partial charge in [-0.2, -0.15) is 13.2 Å². The van der Waals surface area contributed by atoms with Gasteiger partial charge in [-0.25, -0.2) is 0 Å². The van der Waals surface area contributed by atoms with Crippen LogP contribution in [0, 0.1) is 0 Å². The standard InChI is InChI=1S/C11H13F3N2O/c1-7(17)16-6-10(15)8-2-4-9(5-3-8)11(12,13)14/h2-5,10H,6,15H2,1H3,(H,16,17). The lowest BCUT2D eigenvalue weighted by Crippen LogP contribution is -2.30.